The molecule has 11 rings (SSSR count). The summed E-state index contributed by atoms with van der Waals surface area (Å²) in [6, 6.07) is 55.2. The number of para-hydroxylation sites is 2. The summed E-state index contributed by atoms with van der Waals surface area (Å²) < 4.78 is 9.01. The molecule has 1 aliphatic carbocycles. The van der Waals surface area contributed by atoms with E-state index in [1.54, 1.807) is 0 Å². The summed E-state index contributed by atoms with van der Waals surface area (Å²) in [7, 11) is 0. The number of rotatable bonds is 4. The van der Waals surface area contributed by atoms with Gasteiger partial charge in [-0.25, -0.2) is 15.0 Å². The van der Waals surface area contributed by atoms with Crippen LogP contribution in [-0.4, -0.2) is 19.5 Å². The second-order valence-electron chi connectivity index (χ2n) is 14.4. The van der Waals surface area contributed by atoms with Gasteiger partial charge in [0.25, 0.3) is 0 Å². The quantitative estimate of drug-likeness (QED) is 0.186. The molecule has 5 heteroatoms. The first-order valence-electron chi connectivity index (χ1n) is 18.0. The van der Waals surface area contributed by atoms with Gasteiger partial charge in [0.15, 0.2) is 17.5 Å². The summed E-state index contributed by atoms with van der Waals surface area (Å²) >= 11 is 0. The first kappa shape index (κ1) is 29.8. The van der Waals surface area contributed by atoms with Crippen molar-refractivity contribution in [1.29, 1.82) is 0 Å². The van der Waals surface area contributed by atoms with Crippen LogP contribution in [0.4, 0.5) is 0 Å². The molecule has 0 saturated carbocycles. The highest BCUT2D eigenvalue weighted by atomic mass is 16.3. The maximum absolute atomic E-state index is 6.65. The van der Waals surface area contributed by atoms with Gasteiger partial charge in [-0.2, -0.15) is 0 Å². The van der Waals surface area contributed by atoms with Crippen molar-refractivity contribution in [2.24, 2.45) is 0 Å². The van der Waals surface area contributed by atoms with Crippen molar-refractivity contribution in [3.63, 3.8) is 0 Å². The van der Waals surface area contributed by atoms with Crippen LogP contribution < -0.4 is 0 Å². The van der Waals surface area contributed by atoms with Gasteiger partial charge >= 0.3 is 0 Å². The van der Waals surface area contributed by atoms with Crippen LogP contribution in [0.2, 0.25) is 0 Å². The molecule has 0 N–H and O–H groups in total. The summed E-state index contributed by atoms with van der Waals surface area (Å²) in [5.74, 6) is 1.87. The van der Waals surface area contributed by atoms with Crippen LogP contribution in [0.3, 0.4) is 0 Å². The van der Waals surface area contributed by atoms with Crippen LogP contribution in [0.5, 0.6) is 0 Å². The fourth-order valence-electron chi connectivity index (χ4n) is 8.68. The van der Waals surface area contributed by atoms with Crippen molar-refractivity contribution in [3.05, 3.63) is 169 Å². The lowest BCUT2D eigenvalue weighted by Crippen LogP contribution is -2.14. The Balaban J connectivity index is 1.22. The third-order valence-electron chi connectivity index (χ3n) is 11.1. The third-order valence-corrected chi connectivity index (χ3v) is 11.1. The molecule has 3 heterocycles. The molecule has 53 heavy (non-hydrogen) atoms. The molecule has 0 atom stereocenters. The highest BCUT2D eigenvalue weighted by Gasteiger charge is 2.37. The van der Waals surface area contributed by atoms with Gasteiger partial charge in [-0.1, -0.05) is 141 Å². The fourth-order valence-corrected chi connectivity index (χ4v) is 8.68. The van der Waals surface area contributed by atoms with Crippen molar-refractivity contribution in [3.8, 4) is 51.0 Å². The molecule has 0 fully saturated rings. The normalized spacial score (nSPS) is 13.2. The van der Waals surface area contributed by atoms with Gasteiger partial charge in [-0.05, 0) is 52.6 Å². The Morgan fingerprint density at radius 1 is 0.453 bits per heavy atom. The van der Waals surface area contributed by atoms with E-state index in [0.717, 1.165) is 55.3 Å². The summed E-state index contributed by atoms with van der Waals surface area (Å²) in [5, 5.41) is 4.41. The molecule has 0 spiro atoms. The third kappa shape index (κ3) is 4.28. The SMILES string of the molecule is CC1(C)c2ccccc2-c2c(-c3nc(-c4ccccc4)nc(-c4cccc5oc6cccc(-n7c8ccccc8c8ccccc87)c6c45)n3)cccc21. The zero-order valence-corrected chi connectivity index (χ0v) is 29.2. The summed E-state index contributed by atoms with van der Waals surface area (Å²) in [6.07, 6.45) is 0. The molecule has 0 aliphatic heterocycles. The lowest BCUT2D eigenvalue weighted by Gasteiger charge is -2.21. The molecule has 0 bridgehead atoms. The minimum Gasteiger partial charge on any atom is -0.456 e. The predicted molar refractivity (Wildman–Crippen MR) is 215 cm³/mol. The first-order valence-corrected chi connectivity index (χ1v) is 18.0. The number of nitrogens with zero attached hydrogens (tertiary/aromatic N) is 4. The van der Waals surface area contributed by atoms with Crippen molar-refractivity contribution < 1.29 is 4.42 Å². The van der Waals surface area contributed by atoms with Gasteiger partial charge in [0, 0.05) is 38.3 Å². The zero-order chi connectivity index (χ0) is 35.3. The minimum absolute atomic E-state index is 0.148. The van der Waals surface area contributed by atoms with Crippen LogP contribution in [-0.2, 0) is 5.41 Å². The molecule has 7 aromatic carbocycles. The number of aromatic nitrogens is 4. The molecule has 3 aromatic heterocycles. The summed E-state index contributed by atoms with van der Waals surface area (Å²) in [5.41, 5.74) is 12.6. The Bertz CT molecular complexity index is 3040. The van der Waals surface area contributed by atoms with Gasteiger partial charge in [-0.15, -0.1) is 0 Å². The largest absolute Gasteiger partial charge is 0.456 e. The number of fused-ring (bicyclic) bond motifs is 9. The molecular formula is C48H32N4O. The maximum Gasteiger partial charge on any atom is 0.164 e. The smallest absolute Gasteiger partial charge is 0.164 e. The molecule has 0 radical (unpaired) electrons. The molecule has 10 aromatic rings. The second kappa shape index (κ2) is 11.1. The topological polar surface area (TPSA) is 56.7 Å². The van der Waals surface area contributed by atoms with E-state index in [1.807, 2.05) is 30.3 Å². The monoisotopic (exact) mass is 680 g/mol. The predicted octanol–water partition coefficient (Wildman–Crippen LogP) is 12.2. The van der Waals surface area contributed by atoms with Gasteiger partial charge in [-0.3, -0.25) is 0 Å². The van der Waals surface area contributed by atoms with Gasteiger partial charge in [0.2, 0.25) is 0 Å². The highest BCUT2D eigenvalue weighted by molar-refractivity contribution is 6.17. The molecule has 1 aliphatic rings. The van der Waals surface area contributed by atoms with Crippen LogP contribution in [0.15, 0.2) is 162 Å². The van der Waals surface area contributed by atoms with E-state index in [0.29, 0.717) is 17.5 Å². The van der Waals surface area contributed by atoms with E-state index in [9.17, 15) is 0 Å². The van der Waals surface area contributed by atoms with Crippen LogP contribution in [0, 0.1) is 0 Å². The van der Waals surface area contributed by atoms with E-state index in [2.05, 4.69) is 146 Å². The second-order valence-corrected chi connectivity index (χ2v) is 14.4. The standard InChI is InChI=1S/C48H32N4O/c1-48(2)35-22-9-6-19-32(35)42-33(20-12-23-36(42)48)46-49-45(29-15-4-3-5-16-29)50-47(51-46)34-21-13-27-40-43(34)44-39(26-14-28-41(44)53-40)52-37-24-10-7-17-30(37)31-18-8-11-25-38(31)52/h3-28H,1-2H3. The molecular weight excluding hydrogens is 649 g/mol. The van der Waals surface area contributed by atoms with E-state index in [1.165, 1.54) is 33.0 Å². The Morgan fingerprint density at radius 3 is 1.77 bits per heavy atom. The summed E-state index contributed by atoms with van der Waals surface area (Å²) in [4.78, 5) is 15.8. The molecule has 250 valence electrons. The number of benzene rings is 7. The number of hydrogen-bond donors (Lipinski definition) is 0. The minimum atomic E-state index is -0.148. The van der Waals surface area contributed by atoms with Crippen molar-refractivity contribution in [1.82, 2.24) is 19.5 Å². The fraction of sp³-hybridized carbons (Fsp3) is 0.0625. The zero-order valence-electron chi connectivity index (χ0n) is 29.2. The van der Waals surface area contributed by atoms with Gasteiger partial charge in [0.05, 0.1) is 22.1 Å². The van der Waals surface area contributed by atoms with E-state index in [-0.39, 0.29) is 5.41 Å². The summed E-state index contributed by atoms with van der Waals surface area (Å²) in [6.45, 7) is 4.60. The molecule has 0 amide bonds. The lowest BCUT2D eigenvalue weighted by atomic mass is 9.82. The van der Waals surface area contributed by atoms with Crippen molar-refractivity contribution in [2.45, 2.75) is 19.3 Å². The van der Waals surface area contributed by atoms with E-state index >= 15 is 0 Å². The van der Waals surface area contributed by atoms with Gasteiger partial charge in [0.1, 0.15) is 11.2 Å². The Hall–Kier alpha value is -6.85. The Kier molecular flexibility index (Phi) is 6.23. The molecule has 5 nitrogen and oxygen atoms in total. The lowest BCUT2D eigenvalue weighted by molar-refractivity contribution is 0.660. The van der Waals surface area contributed by atoms with Crippen LogP contribution in [0.1, 0.15) is 25.0 Å². The Morgan fingerprint density at radius 2 is 1.00 bits per heavy atom. The van der Waals surface area contributed by atoms with Gasteiger partial charge < -0.3 is 8.98 Å². The number of hydrogen-bond acceptors (Lipinski definition) is 4. The van der Waals surface area contributed by atoms with E-state index in [4.69, 9.17) is 19.4 Å². The average Bonchev–Trinajstić information content (AvgIpc) is 3.84. The molecule has 0 saturated heterocycles. The van der Waals surface area contributed by atoms with Crippen molar-refractivity contribution >= 4 is 43.7 Å². The average molecular weight is 681 g/mol. The first-order chi connectivity index (χ1) is 26.1. The number of furan rings is 1. The van der Waals surface area contributed by atoms with Crippen LogP contribution in [0.25, 0.3) is 94.7 Å². The highest BCUT2D eigenvalue weighted by Crippen LogP contribution is 2.52. The molecule has 0 unspecified atom stereocenters. The Labute approximate surface area is 305 Å². The van der Waals surface area contributed by atoms with Crippen LogP contribution >= 0.6 is 0 Å². The van der Waals surface area contributed by atoms with Crippen molar-refractivity contribution in [2.75, 3.05) is 0 Å². The maximum atomic E-state index is 6.65. The van der Waals surface area contributed by atoms with E-state index < -0.39 is 0 Å².